The van der Waals surface area contributed by atoms with E-state index in [1.165, 1.54) is 19.4 Å². The van der Waals surface area contributed by atoms with Crippen molar-refractivity contribution in [2.75, 3.05) is 25.1 Å². The van der Waals surface area contributed by atoms with Crippen molar-refractivity contribution in [2.24, 2.45) is 5.92 Å². The molecule has 164 valence electrons. The van der Waals surface area contributed by atoms with E-state index in [1.54, 1.807) is 23.1 Å². The fourth-order valence-electron chi connectivity index (χ4n) is 3.78. The summed E-state index contributed by atoms with van der Waals surface area (Å²) in [5.74, 6) is -2.72. The van der Waals surface area contributed by atoms with Gasteiger partial charge in [0.2, 0.25) is 5.91 Å². The van der Waals surface area contributed by atoms with Crippen LogP contribution in [0, 0.1) is 17.2 Å². The number of hydrogen-bond acceptors (Lipinski definition) is 6. The van der Waals surface area contributed by atoms with Crippen LogP contribution in [0.1, 0.15) is 24.8 Å². The first-order valence-corrected chi connectivity index (χ1v) is 9.68. The van der Waals surface area contributed by atoms with Crippen molar-refractivity contribution in [1.82, 2.24) is 10.3 Å². The van der Waals surface area contributed by atoms with E-state index >= 15 is 0 Å². The second-order valence-corrected chi connectivity index (χ2v) is 7.36. The van der Waals surface area contributed by atoms with Crippen LogP contribution < -0.4 is 10.2 Å². The number of rotatable bonds is 5. The van der Waals surface area contributed by atoms with Gasteiger partial charge in [0.05, 0.1) is 30.5 Å². The van der Waals surface area contributed by atoms with Crippen LogP contribution in [0.4, 0.5) is 18.9 Å². The Morgan fingerprint density at radius 3 is 2.74 bits per heavy atom. The number of hydrogen-bond donors (Lipinski definition) is 1. The fraction of sp³-hybridized carbons (Fsp3) is 0.429. The van der Waals surface area contributed by atoms with Gasteiger partial charge in [-0.25, -0.2) is 0 Å². The highest BCUT2D eigenvalue weighted by atomic mass is 19.4. The van der Waals surface area contributed by atoms with Gasteiger partial charge in [-0.1, -0.05) is 0 Å². The van der Waals surface area contributed by atoms with E-state index < -0.39 is 30.0 Å². The van der Waals surface area contributed by atoms with Gasteiger partial charge in [0.1, 0.15) is 6.07 Å². The molecule has 31 heavy (non-hydrogen) atoms. The van der Waals surface area contributed by atoms with Gasteiger partial charge < -0.3 is 15.0 Å². The summed E-state index contributed by atoms with van der Waals surface area (Å²) in [6.07, 6.45) is -3.48. The Bertz CT molecular complexity index is 1020. The smallest absolute Gasteiger partial charge is 0.393 e. The molecular weight excluding hydrogens is 413 g/mol. The van der Waals surface area contributed by atoms with Crippen LogP contribution in [0.15, 0.2) is 30.5 Å². The zero-order valence-corrected chi connectivity index (χ0v) is 16.8. The Labute approximate surface area is 176 Å². The maximum absolute atomic E-state index is 13.6. The van der Waals surface area contributed by atoms with Crippen LogP contribution in [-0.2, 0) is 14.3 Å². The number of nitrogens with one attached hydrogen (secondary N) is 1. The monoisotopic (exact) mass is 434 g/mol. The number of halogens is 3. The molecule has 1 aliphatic heterocycles. The van der Waals surface area contributed by atoms with E-state index in [9.17, 15) is 28.0 Å². The van der Waals surface area contributed by atoms with E-state index in [-0.39, 0.29) is 32.4 Å². The number of piperidine rings is 1. The fourth-order valence-corrected chi connectivity index (χ4v) is 3.78. The van der Waals surface area contributed by atoms with Gasteiger partial charge in [-0.2, -0.15) is 18.4 Å². The highest BCUT2D eigenvalue weighted by molar-refractivity contribution is 5.95. The van der Waals surface area contributed by atoms with Gasteiger partial charge in [-0.3, -0.25) is 14.6 Å². The van der Waals surface area contributed by atoms with Crippen molar-refractivity contribution in [3.05, 3.63) is 36.0 Å². The molecule has 3 rings (SSSR count). The van der Waals surface area contributed by atoms with Gasteiger partial charge in [-0.05, 0) is 30.7 Å². The highest BCUT2D eigenvalue weighted by Crippen LogP contribution is 2.37. The zero-order valence-electron chi connectivity index (χ0n) is 16.8. The molecule has 0 unspecified atom stereocenters. The number of carbonyl (C=O) groups is 2. The van der Waals surface area contributed by atoms with E-state index in [2.05, 4.69) is 15.0 Å². The predicted molar refractivity (Wildman–Crippen MR) is 106 cm³/mol. The summed E-state index contributed by atoms with van der Waals surface area (Å²) in [7, 11) is 1.20. The highest BCUT2D eigenvalue weighted by Gasteiger charge is 2.45. The lowest BCUT2D eigenvalue weighted by Crippen LogP contribution is -2.54. The lowest BCUT2D eigenvalue weighted by Gasteiger charge is -2.40. The number of nitrogens with zero attached hydrogens (tertiary/aromatic N) is 3. The molecule has 1 aromatic heterocycles. The van der Waals surface area contributed by atoms with Gasteiger partial charge in [0.15, 0.2) is 0 Å². The van der Waals surface area contributed by atoms with Gasteiger partial charge in [0, 0.05) is 42.8 Å². The summed E-state index contributed by atoms with van der Waals surface area (Å²) < 4.78 is 45.3. The normalized spacial score (nSPS) is 19.0. The molecule has 1 aliphatic rings. The molecule has 7 nitrogen and oxygen atoms in total. The molecule has 2 atom stereocenters. The molecule has 1 saturated heterocycles. The molecule has 2 aromatic rings. The van der Waals surface area contributed by atoms with Crippen LogP contribution in [0.2, 0.25) is 0 Å². The summed E-state index contributed by atoms with van der Waals surface area (Å²) in [6, 6.07) is 7.79. The van der Waals surface area contributed by atoms with Crippen molar-refractivity contribution in [1.29, 1.82) is 5.26 Å². The molecule has 1 aromatic carbocycles. The van der Waals surface area contributed by atoms with Gasteiger partial charge in [0.25, 0.3) is 0 Å². The lowest BCUT2D eigenvalue weighted by atomic mass is 9.92. The van der Waals surface area contributed by atoms with Crippen molar-refractivity contribution >= 4 is 28.5 Å². The van der Waals surface area contributed by atoms with Crippen molar-refractivity contribution < 1.29 is 27.5 Å². The van der Waals surface area contributed by atoms with Crippen LogP contribution in [0.25, 0.3) is 10.9 Å². The summed E-state index contributed by atoms with van der Waals surface area (Å²) >= 11 is 0. The number of alkyl halides is 3. The average molecular weight is 434 g/mol. The van der Waals surface area contributed by atoms with E-state index in [4.69, 9.17) is 0 Å². The quantitative estimate of drug-likeness (QED) is 0.727. The second kappa shape index (κ2) is 9.20. The summed E-state index contributed by atoms with van der Waals surface area (Å²) in [5.41, 5.74) is 1.26. The third-order valence-electron chi connectivity index (χ3n) is 5.27. The van der Waals surface area contributed by atoms with Gasteiger partial charge in [-0.15, -0.1) is 0 Å². The molecule has 0 bridgehead atoms. The Balaban J connectivity index is 1.87. The van der Waals surface area contributed by atoms with E-state index in [0.29, 0.717) is 22.2 Å². The Morgan fingerprint density at radius 2 is 2.06 bits per heavy atom. The van der Waals surface area contributed by atoms with E-state index in [1.807, 2.05) is 6.07 Å². The first kappa shape index (κ1) is 22.3. The molecule has 0 spiro atoms. The number of aromatic nitrogens is 1. The Morgan fingerprint density at radius 1 is 1.29 bits per heavy atom. The van der Waals surface area contributed by atoms with Crippen LogP contribution in [-0.4, -0.2) is 49.3 Å². The third-order valence-corrected chi connectivity index (χ3v) is 5.27. The van der Waals surface area contributed by atoms with Crippen molar-refractivity contribution in [2.45, 2.75) is 31.5 Å². The largest absolute Gasteiger partial charge is 0.469 e. The van der Waals surface area contributed by atoms with Crippen molar-refractivity contribution in [3.63, 3.8) is 0 Å². The zero-order chi connectivity index (χ0) is 22.6. The van der Waals surface area contributed by atoms with Crippen molar-refractivity contribution in [3.8, 4) is 6.07 Å². The minimum atomic E-state index is -4.44. The molecule has 10 heteroatoms. The number of carbonyl (C=O) groups excluding carboxylic acids is 2. The molecule has 1 fully saturated rings. The number of esters is 1. The average Bonchev–Trinajstić information content (AvgIpc) is 2.75. The number of benzene rings is 1. The van der Waals surface area contributed by atoms with Crippen LogP contribution in [0.5, 0.6) is 0 Å². The molecule has 1 N–H and O–H groups in total. The minimum absolute atomic E-state index is 0.145. The third kappa shape index (κ3) is 5.23. The number of nitriles is 1. The Kier molecular flexibility index (Phi) is 6.63. The molecule has 2 heterocycles. The Hall–Kier alpha value is -3.35. The summed E-state index contributed by atoms with van der Waals surface area (Å²) in [4.78, 5) is 29.2. The molecule has 0 aliphatic carbocycles. The number of anilines is 1. The first-order valence-electron chi connectivity index (χ1n) is 9.68. The van der Waals surface area contributed by atoms with E-state index in [0.717, 1.165) is 0 Å². The maximum atomic E-state index is 13.6. The number of pyridine rings is 1. The SMILES string of the molecule is COC(=O)CCC(=O)N[C@@H]1C[C@H](C(F)(F)F)CN(c2ccc(C#N)c3ncccc23)C1. The minimum Gasteiger partial charge on any atom is -0.469 e. The number of amides is 1. The maximum Gasteiger partial charge on any atom is 0.393 e. The topological polar surface area (TPSA) is 95.3 Å². The summed E-state index contributed by atoms with van der Waals surface area (Å²) in [5, 5.41) is 12.5. The molecular formula is C21H21F3N4O3. The predicted octanol–water partition coefficient (Wildman–Crippen LogP) is 2.93. The van der Waals surface area contributed by atoms with Crippen LogP contribution >= 0.6 is 0 Å². The molecule has 0 radical (unpaired) electrons. The van der Waals surface area contributed by atoms with Gasteiger partial charge >= 0.3 is 12.1 Å². The molecule has 1 amide bonds. The number of fused-ring (bicyclic) bond motifs is 1. The standard InChI is InChI=1S/C21H21F3N4O3/c1-31-19(30)7-6-18(29)27-15-9-14(21(22,23)24)11-28(12-15)17-5-4-13(10-25)20-16(17)3-2-8-26-20/h2-5,8,14-15H,6-7,9,11-12H2,1H3,(H,27,29)/t14-,15+/m0/s1. The first-order chi connectivity index (χ1) is 14.7. The second-order valence-electron chi connectivity index (χ2n) is 7.36. The molecule has 0 saturated carbocycles. The number of methoxy groups -OCH3 is 1. The lowest BCUT2D eigenvalue weighted by molar-refractivity contribution is -0.178. The number of ether oxygens (including phenoxy) is 1. The summed E-state index contributed by atoms with van der Waals surface area (Å²) in [6.45, 7) is -0.111. The van der Waals surface area contributed by atoms with Crippen LogP contribution in [0.3, 0.4) is 0 Å².